The molecule has 1 unspecified atom stereocenters. The highest BCUT2D eigenvalue weighted by molar-refractivity contribution is 5.27. The first kappa shape index (κ1) is 14.4. The van der Waals surface area contributed by atoms with Crippen molar-refractivity contribution in [1.82, 2.24) is 5.32 Å². The molecule has 0 aromatic heterocycles. The van der Waals surface area contributed by atoms with Gasteiger partial charge in [0.25, 0.3) is 0 Å². The number of hydrogen-bond acceptors (Lipinski definition) is 2. The molecule has 0 spiro atoms. The number of nitrogens with one attached hydrogen (secondary N) is 1. The van der Waals surface area contributed by atoms with Gasteiger partial charge in [-0.15, -0.1) is 0 Å². The third-order valence-electron chi connectivity index (χ3n) is 3.86. The van der Waals surface area contributed by atoms with Crippen molar-refractivity contribution in [2.45, 2.75) is 51.6 Å². The molecule has 0 radical (unpaired) electrons. The summed E-state index contributed by atoms with van der Waals surface area (Å²) in [7, 11) is 2.01. The maximum Gasteiger partial charge on any atom is 0.119 e. The van der Waals surface area contributed by atoms with Crippen molar-refractivity contribution in [3.05, 3.63) is 29.8 Å². The molecule has 0 bridgehead atoms. The summed E-state index contributed by atoms with van der Waals surface area (Å²) < 4.78 is 6.16. The molecule has 2 heteroatoms. The summed E-state index contributed by atoms with van der Waals surface area (Å²) in [5, 5.41) is 3.22. The fourth-order valence-corrected chi connectivity index (χ4v) is 2.44. The zero-order valence-corrected chi connectivity index (χ0v) is 12.3. The predicted molar refractivity (Wildman–Crippen MR) is 80.7 cm³/mol. The molecule has 0 aliphatic heterocycles. The van der Waals surface area contributed by atoms with E-state index in [0.29, 0.717) is 6.10 Å². The smallest absolute Gasteiger partial charge is 0.119 e. The Hall–Kier alpha value is -1.02. The average molecular weight is 261 g/mol. The lowest BCUT2D eigenvalue weighted by atomic mass is 10.1. The normalized spacial score (nSPS) is 16.3. The van der Waals surface area contributed by atoms with Gasteiger partial charge < -0.3 is 10.1 Å². The summed E-state index contributed by atoms with van der Waals surface area (Å²) in [6, 6.07) is 8.71. The van der Waals surface area contributed by atoms with Crippen LogP contribution in [0.5, 0.6) is 5.75 Å². The van der Waals surface area contributed by atoms with Gasteiger partial charge in [-0.25, -0.2) is 0 Å². The SMILES string of the molecule is CCCCc1ccc(OC(CCNC)C2CC2)cc1. The fourth-order valence-electron chi connectivity index (χ4n) is 2.44. The van der Waals surface area contributed by atoms with E-state index in [1.165, 1.54) is 37.7 Å². The highest BCUT2D eigenvalue weighted by Gasteiger charge is 2.32. The van der Waals surface area contributed by atoms with Crippen LogP contribution in [0.25, 0.3) is 0 Å². The third kappa shape index (κ3) is 4.87. The Morgan fingerprint density at radius 3 is 2.58 bits per heavy atom. The van der Waals surface area contributed by atoms with Crippen LogP contribution in [0, 0.1) is 5.92 Å². The number of aryl methyl sites for hydroxylation is 1. The molecule has 1 N–H and O–H groups in total. The Labute approximate surface area is 117 Å². The number of unbranched alkanes of at least 4 members (excludes halogenated alkanes) is 1. The molecule has 2 nitrogen and oxygen atoms in total. The molecule has 106 valence electrons. The Kier molecular flexibility index (Phi) is 5.71. The van der Waals surface area contributed by atoms with Gasteiger partial charge in [0.05, 0.1) is 0 Å². The third-order valence-corrected chi connectivity index (χ3v) is 3.86. The van der Waals surface area contributed by atoms with Crippen LogP contribution in [-0.4, -0.2) is 19.7 Å². The maximum atomic E-state index is 6.16. The van der Waals surface area contributed by atoms with Crippen LogP contribution in [0.15, 0.2) is 24.3 Å². The molecule has 1 saturated carbocycles. The Morgan fingerprint density at radius 1 is 1.26 bits per heavy atom. The van der Waals surface area contributed by atoms with E-state index in [9.17, 15) is 0 Å². The molecular weight excluding hydrogens is 234 g/mol. The molecule has 1 aliphatic carbocycles. The quantitative estimate of drug-likeness (QED) is 0.730. The first-order valence-corrected chi connectivity index (χ1v) is 7.73. The van der Waals surface area contributed by atoms with Crippen molar-refractivity contribution < 1.29 is 4.74 Å². The Morgan fingerprint density at radius 2 is 2.00 bits per heavy atom. The first-order valence-electron chi connectivity index (χ1n) is 7.73. The second kappa shape index (κ2) is 7.54. The lowest BCUT2D eigenvalue weighted by molar-refractivity contribution is 0.168. The standard InChI is InChI=1S/C17H27NO/c1-3-4-5-14-6-10-16(11-7-14)19-17(12-13-18-2)15-8-9-15/h6-7,10-11,15,17-18H,3-5,8-9,12-13H2,1-2H3. The van der Waals surface area contributed by atoms with E-state index in [4.69, 9.17) is 4.74 Å². The zero-order chi connectivity index (χ0) is 13.5. The van der Waals surface area contributed by atoms with Gasteiger partial charge >= 0.3 is 0 Å². The van der Waals surface area contributed by atoms with Crippen molar-refractivity contribution >= 4 is 0 Å². The van der Waals surface area contributed by atoms with E-state index in [1.54, 1.807) is 0 Å². The fraction of sp³-hybridized carbons (Fsp3) is 0.647. The van der Waals surface area contributed by atoms with Gasteiger partial charge in [-0.1, -0.05) is 25.5 Å². The number of ether oxygens (including phenoxy) is 1. The van der Waals surface area contributed by atoms with Crippen molar-refractivity contribution in [3.8, 4) is 5.75 Å². The Bertz CT molecular complexity index is 356. The van der Waals surface area contributed by atoms with Crippen molar-refractivity contribution in [3.63, 3.8) is 0 Å². The van der Waals surface area contributed by atoms with Gasteiger partial charge in [-0.05, 0) is 69.3 Å². The molecule has 19 heavy (non-hydrogen) atoms. The molecule has 0 amide bonds. The van der Waals surface area contributed by atoms with E-state index < -0.39 is 0 Å². The molecule has 1 aromatic rings. The average Bonchev–Trinajstić information content (AvgIpc) is 3.27. The molecule has 1 atom stereocenters. The second-order valence-corrected chi connectivity index (χ2v) is 5.63. The molecule has 1 aliphatic rings. The minimum Gasteiger partial charge on any atom is -0.490 e. The molecular formula is C17H27NO. The van der Waals surface area contributed by atoms with E-state index >= 15 is 0 Å². The summed E-state index contributed by atoms with van der Waals surface area (Å²) in [5.74, 6) is 1.82. The van der Waals surface area contributed by atoms with Gasteiger partial charge in [0.15, 0.2) is 0 Å². The van der Waals surface area contributed by atoms with Gasteiger partial charge in [-0.3, -0.25) is 0 Å². The van der Waals surface area contributed by atoms with Crippen molar-refractivity contribution in [1.29, 1.82) is 0 Å². The van der Waals surface area contributed by atoms with Gasteiger partial charge in [0.2, 0.25) is 0 Å². The highest BCUT2D eigenvalue weighted by Crippen LogP contribution is 2.36. The van der Waals surface area contributed by atoms with Crippen molar-refractivity contribution in [2.24, 2.45) is 5.92 Å². The van der Waals surface area contributed by atoms with Gasteiger partial charge in [-0.2, -0.15) is 0 Å². The zero-order valence-electron chi connectivity index (χ0n) is 12.3. The van der Waals surface area contributed by atoms with Crippen LogP contribution in [0.1, 0.15) is 44.6 Å². The predicted octanol–water partition coefficient (Wildman–Crippen LogP) is 3.80. The maximum absolute atomic E-state index is 6.16. The second-order valence-electron chi connectivity index (χ2n) is 5.63. The molecule has 0 heterocycles. The number of benzene rings is 1. The molecule has 1 aromatic carbocycles. The highest BCUT2D eigenvalue weighted by atomic mass is 16.5. The largest absolute Gasteiger partial charge is 0.490 e. The van der Waals surface area contributed by atoms with E-state index in [0.717, 1.165) is 24.6 Å². The molecule has 0 saturated heterocycles. The summed E-state index contributed by atoms with van der Waals surface area (Å²) in [6.45, 7) is 3.27. The number of hydrogen-bond donors (Lipinski definition) is 1. The van der Waals surface area contributed by atoms with Crippen LogP contribution in [0.2, 0.25) is 0 Å². The van der Waals surface area contributed by atoms with Gasteiger partial charge in [0, 0.05) is 0 Å². The van der Waals surface area contributed by atoms with Crippen LogP contribution in [0.4, 0.5) is 0 Å². The summed E-state index contributed by atoms with van der Waals surface area (Å²) in [6.07, 6.45) is 7.89. The van der Waals surface area contributed by atoms with Crippen LogP contribution in [0.3, 0.4) is 0 Å². The summed E-state index contributed by atoms with van der Waals surface area (Å²) in [5.41, 5.74) is 1.42. The van der Waals surface area contributed by atoms with Gasteiger partial charge in [0.1, 0.15) is 11.9 Å². The lowest BCUT2D eigenvalue weighted by Crippen LogP contribution is -2.24. The summed E-state index contributed by atoms with van der Waals surface area (Å²) >= 11 is 0. The van der Waals surface area contributed by atoms with E-state index in [2.05, 4.69) is 36.5 Å². The molecule has 2 rings (SSSR count). The number of rotatable bonds is 9. The Balaban J connectivity index is 1.86. The van der Waals surface area contributed by atoms with E-state index in [1.807, 2.05) is 7.05 Å². The van der Waals surface area contributed by atoms with Crippen LogP contribution in [-0.2, 0) is 6.42 Å². The van der Waals surface area contributed by atoms with Crippen molar-refractivity contribution in [2.75, 3.05) is 13.6 Å². The minimum absolute atomic E-state index is 0.397. The first-order chi connectivity index (χ1) is 9.33. The topological polar surface area (TPSA) is 21.3 Å². The van der Waals surface area contributed by atoms with Crippen LogP contribution >= 0.6 is 0 Å². The monoisotopic (exact) mass is 261 g/mol. The minimum atomic E-state index is 0.397. The van der Waals surface area contributed by atoms with Crippen LogP contribution < -0.4 is 10.1 Å². The van der Waals surface area contributed by atoms with E-state index in [-0.39, 0.29) is 0 Å². The lowest BCUT2D eigenvalue weighted by Gasteiger charge is -2.19. The summed E-state index contributed by atoms with van der Waals surface area (Å²) in [4.78, 5) is 0. The molecule has 1 fully saturated rings.